The van der Waals surface area contributed by atoms with Gasteiger partial charge in [-0.2, -0.15) is 0 Å². The van der Waals surface area contributed by atoms with Gasteiger partial charge in [0.05, 0.1) is 64.4 Å². The van der Waals surface area contributed by atoms with Gasteiger partial charge in [0.25, 0.3) is 0 Å². The molecule has 3 rings (SSSR count). The standard InChI is InChI=1S/C46H67N13O19/c1-27(41(72)52-31(16-29-18-47-26-49-29)44(75)54-33(24-60)45(76)53-30(15-28-5-3-2-4-6-28)43(74)55-34(25-61)46(77)78)50-42(73)32(17-37(64)65)51-35(62)19-48-36(63)20-56-7-9-57(21-38(66)67)11-13-59(23-40(70)71)14-12-58(10-8-56)22-39(68)69/h2-6,18,26-27,30-34,60-61H,7-17,19-25H2,1H3,(H,47,49)(H,48,63)(H,50,73)(H,51,62)(H,52,72)(H,53,76)(H,54,75)(H,55,74)(H,64,65)(H,66,67)(H,68,69)(H,70,71)(H,77,78)/t27-,30-,31-,32-,33-,34-/m0/s1. The van der Waals surface area contributed by atoms with Gasteiger partial charge in [-0.1, -0.05) is 30.3 Å². The summed E-state index contributed by atoms with van der Waals surface area (Å²) in [5, 5.41) is 82.9. The van der Waals surface area contributed by atoms with Gasteiger partial charge in [-0.05, 0) is 12.5 Å². The van der Waals surface area contributed by atoms with Crippen LogP contribution >= 0.6 is 0 Å². The first-order chi connectivity index (χ1) is 37.0. The van der Waals surface area contributed by atoms with Crippen LogP contribution in [0.2, 0.25) is 0 Å². The molecule has 430 valence electrons. The summed E-state index contributed by atoms with van der Waals surface area (Å²) in [5.41, 5.74) is 0.721. The highest BCUT2D eigenvalue weighted by atomic mass is 16.4. The fourth-order valence-electron chi connectivity index (χ4n) is 7.60. The minimum Gasteiger partial charge on any atom is -0.481 e. The molecule has 15 N–H and O–H groups in total. The number of hydrogen-bond donors (Lipinski definition) is 15. The van der Waals surface area contributed by atoms with Gasteiger partial charge in [0, 0.05) is 71.4 Å². The van der Waals surface area contributed by atoms with Crippen LogP contribution in [0.3, 0.4) is 0 Å². The number of nitrogens with zero attached hydrogens (tertiary/aromatic N) is 5. The third kappa shape index (κ3) is 24.2. The van der Waals surface area contributed by atoms with Crippen LogP contribution in [0.5, 0.6) is 0 Å². The number of imidazole rings is 1. The van der Waals surface area contributed by atoms with Crippen LogP contribution in [-0.4, -0.2) is 271 Å². The van der Waals surface area contributed by atoms with E-state index >= 15 is 0 Å². The Balaban J connectivity index is 1.68. The van der Waals surface area contributed by atoms with E-state index in [0.717, 1.165) is 6.92 Å². The second-order valence-corrected chi connectivity index (χ2v) is 17.9. The molecule has 6 atom stereocenters. The van der Waals surface area contributed by atoms with Gasteiger partial charge in [-0.3, -0.25) is 72.3 Å². The molecule has 7 amide bonds. The lowest BCUT2D eigenvalue weighted by Gasteiger charge is -2.32. The molecule has 78 heavy (non-hydrogen) atoms. The van der Waals surface area contributed by atoms with Gasteiger partial charge in [0.1, 0.15) is 36.3 Å². The summed E-state index contributed by atoms with van der Waals surface area (Å²) in [4.78, 5) is 165. The zero-order valence-corrected chi connectivity index (χ0v) is 42.5. The van der Waals surface area contributed by atoms with Gasteiger partial charge in [-0.15, -0.1) is 0 Å². The average Bonchev–Trinajstić information content (AvgIpc) is 3.90. The molecule has 0 aliphatic carbocycles. The van der Waals surface area contributed by atoms with Crippen molar-refractivity contribution in [1.29, 1.82) is 0 Å². The van der Waals surface area contributed by atoms with Crippen molar-refractivity contribution in [3.05, 3.63) is 54.1 Å². The summed E-state index contributed by atoms with van der Waals surface area (Å²) in [7, 11) is 0. The number of rotatable bonds is 30. The molecular formula is C46H67N13O19. The lowest BCUT2D eigenvalue weighted by atomic mass is 10.0. The molecule has 0 bridgehead atoms. The molecule has 2 heterocycles. The van der Waals surface area contributed by atoms with E-state index in [1.807, 2.05) is 0 Å². The van der Waals surface area contributed by atoms with Crippen LogP contribution in [-0.2, 0) is 70.4 Å². The number of aromatic nitrogens is 2. The first-order valence-corrected chi connectivity index (χ1v) is 24.3. The zero-order chi connectivity index (χ0) is 57.9. The third-order valence-corrected chi connectivity index (χ3v) is 11.7. The predicted molar refractivity (Wildman–Crippen MR) is 265 cm³/mol. The number of aliphatic hydroxyl groups is 2. The molecular weight excluding hydrogens is 1040 g/mol. The maximum absolute atomic E-state index is 13.8. The monoisotopic (exact) mass is 1110 g/mol. The Morgan fingerprint density at radius 2 is 0.949 bits per heavy atom. The van der Waals surface area contributed by atoms with Crippen molar-refractivity contribution < 1.29 is 93.3 Å². The van der Waals surface area contributed by atoms with Gasteiger partial charge < -0.3 is 77.9 Å². The number of aliphatic hydroxyl groups excluding tert-OH is 2. The maximum atomic E-state index is 13.8. The minimum atomic E-state index is -1.83. The van der Waals surface area contributed by atoms with E-state index in [4.69, 9.17) is 0 Å². The quantitative estimate of drug-likeness (QED) is 0.0345. The largest absolute Gasteiger partial charge is 0.481 e. The summed E-state index contributed by atoms with van der Waals surface area (Å²) in [6.07, 6.45) is 1.07. The van der Waals surface area contributed by atoms with E-state index in [-0.39, 0.29) is 84.0 Å². The molecule has 0 unspecified atom stereocenters. The number of carbonyl (C=O) groups excluding carboxylic acids is 7. The number of hydrogen-bond acceptors (Lipinski definition) is 19. The number of aliphatic carboxylic acids is 5. The van der Waals surface area contributed by atoms with E-state index in [1.165, 1.54) is 22.3 Å². The van der Waals surface area contributed by atoms with Crippen molar-refractivity contribution in [3.8, 4) is 0 Å². The van der Waals surface area contributed by atoms with E-state index in [9.17, 15) is 93.3 Å². The summed E-state index contributed by atoms with van der Waals surface area (Å²) in [6.45, 7) is -2.35. The Labute approximate surface area is 445 Å². The Bertz CT molecular complexity index is 2350. The molecule has 32 nitrogen and oxygen atoms in total. The Morgan fingerprint density at radius 1 is 0.513 bits per heavy atom. The average molecular weight is 1110 g/mol. The SMILES string of the molecule is C[C@H](NC(=O)[C@H](CC(=O)O)NC(=O)CNC(=O)CN1CCN(CC(=O)O)CCN(CC(=O)O)CCN(CC(=O)O)CC1)C(=O)N[C@@H](Cc1c[nH]cn1)C(=O)N[C@@H](CO)C(=O)N[C@@H](Cc1ccccc1)C(=O)N[C@@H](CO)C(=O)O. The molecule has 1 saturated heterocycles. The summed E-state index contributed by atoms with van der Waals surface area (Å²) in [5.74, 6) is -13.8. The molecule has 0 radical (unpaired) electrons. The molecule has 2 aromatic rings. The van der Waals surface area contributed by atoms with E-state index in [1.54, 1.807) is 40.1 Å². The number of carboxylic acids is 5. The molecule has 1 aromatic heterocycles. The number of H-pyrrole nitrogens is 1. The number of benzene rings is 1. The van der Waals surface area contributed by atoms with Gasteiger partial charge in [0.2, 0.25) is 41.4 Å². The summed E-state index contributed by atoms with van der Waals surface area (Å²) >= 11 is 0. The van der Waals surface area contributed by atoms with Crippen LogP contribution < -0.4 is 37.2 Å². The van der Waals surface area contributed by atoms with E-state index < -0.39 is 147 Å². The number of nitrogens with one attached hydrogen (secondary N) is 8. The van der Waals surface area contributed by atoms with Crippen LogP contribution in [0.15, 0.2) is 42.9 Å². The van der Waals surface area contributed by atoms with Gasteiger partial charge >= 0.3 is 29.8 Å². The Morgan fingerprint density at radius 3 is 1.40 bits per heavy atom. The molecule has 1 fully saturated rings. The van der Waals surface area contributed by atoms with Crippen molar-refractivity contribution in [2.45, 2.75) is 62.4 Å². The fraction of sp³-hybridized carbons (Fsp3) is 0.543. The van der Waals surface area contributed by atoms with Crippen LogP contribution in [0.4, 0.5) is 0 Å². The summed E-state index contributed by atoms with van der Waals surface area (Å²) in [6, 6.07) is -1.83. The first-order valence-electron chi connectivity index (χ1n) is 24.3. The van der Waals surface area contributed by atoms with Crippen molar-refractivity contribution in [3.63, 3.8) is 0 Å². The predicted octanol–water partition coefficient (Wildman–Crippen LogP) is -7.74. The highest BCUT2D eigenvalue weighted by Gasteiger charge is 2.34. The molecule has 0 spiro atoms. The molecule has 1 aliphatic rings. The Hall–Kier alpha value is -8.17. The van der Waals surface area contributed by atoms with Crippen LogP contribution in [0, 0.1) is 0 Å². The van der Waals surface area contributed by atoms with Crippen molar-refractivity contribution >= 4 is 71.2 Å². The van der Waals surface area contributed by atoms with Crippen LogP contribution in [0.25, 0.3) is 0 Å². The third-order valence-electron chi connectivity index (χ3n) is 11.7. The number of amides is 7. The number of carbonyl (C=O) groups is 12. The smallest absolute Gasteiger partial charge is 0.328 e. The zero-order valence-electron chi connectivity index (χ0n) is 42.5. The minimum absolute atomic E-state index is 0.0811. The number of aromatic amines is 1. The second-order valence-electron chi connectivity index (χ2n) is 17.9. The van der Waals surface area contributed by atoms with E-state index in [0.29, 0.717) is 5.56 Å². The van der Waals surface area contributed by atoms with Crippen molar-refractivity contribution in [1.82, 2.24) is 66.8 Å². The highest BCUT2D eigenvalue weighted by Crippen LogP contribution is 2.07. The maximum Gasteiger partial charge on any atom is 0.328 e. The summed E-state index contributed by atoms with van der Waals surface area (Å²) < 4.78 is 0. The second kappa shape index (κ2) is 33.1. The molecule has 1 aromatic carbocycles. The van der Waals surface area contributed by atoms with Crippen molar-refractivity contribution in [2.24, 2.45) is 0 Å². The molecule has 0 saturated carbocycles. The van der Waals surface area contributed by atoms with Crippen LogP contribution in [0.1, 0.15) is 24.6 Å². The van der Waals surface area contributed by atoms with Crippen molar-refractivity contribution in [2.75, 3.05) is 98.3 Å². The molecule has 1 aliphatic heterocycles. The number of carboxylic acid groups (broad SMARTS) is 5. The van der Waals surface area contributed by atoms with Gasteiger partial charge in [-0.25, -0.2) is 9.78 Å². The highest BCUT2D eigenvalue weighted by molar-refractivity contribution is 5.98. The molecule has 32 heteroatoms. The Kier molecular flexibility index (Phi) is 27.2. The van der Waals surface area contributed by atoms with Gasteiger partial charge in [0.15, 0.2) is 0 Å². The normalized spacial score (nSPS) is 16.3. The van der Waals surface area contributed by atoms with E-state index in [2.05, 4.69) is 47.2 Å². The first kappa shape index (κ1) is 64.1. The lowest BCUT2D eigenvalue weighted by Crippen LogP contribution is -2.60. The fourth-order valence-corrected chi connectivity index (χ4v) is 7.60. The lowest BCUT2D eigenvalue weighted by molar-refractivity contribution is -0.143. The topological polar surface area (TPSA) is 472 Å².